The van der Waals surface area contributed by atoms with Gasteiger partial charge in [0.15, 0.2) is 0 Å². The van der Waals surface area contributed by atoms with Crippen LogP contribution in [0.4, 0.5) is 5.69 Å². The highest BCUT2D eigenvalue weighted by Crippen LogP contribution is 2.32. The average Bonchev–Trinajstić information content (AvgIpc) is 3.34. The van der Waals surface area contributed by atoms with E-state index in [-0.39, 0.29) is 36.5 Å². The van der Waals surface area contributed by atoms with Crippen molar-refractivity contribution in [2.75, 3.05) is 84.5 Å². The normalized spacial score (nSPS) is 15.9. The number of fused-ring (bicyclic) bond motifs is 1. The fourth-order valence-electron chi connectivity index (χ4n) is 5.41. The first-order valence-electron chi connectivity index (χ1n) is 17.6. The molecular weight excluding hydrogens is 638 g/mol. The summed E-state index contributed by atoms with van der Waals surface area (Å²) in [4.78, 5) is 62.5. The van der Waals surface area contributed by atoms with Crippen LogP contribution in [0.3, 0.4) is 0 Å². The van der Waals surface area contributed by atoms with E-state index in [9.17, 15) is 24.0 Å². The van der Waals surface area contributed by atoms with Crippen molar-refractivity contribution < 1.29 is 52.4 Å². The van der Waals surface area contributed by atoms with E-state index >= 15 is 0 Å². The van der Waals surface area contributed by atoms with Crippen LogP contribution in [0.5, 0.6) is 0 Å². The molecule has 0 radical (unpaired) electrons. The Balaban J connectivity index is 1.09. The molecule has 4 amide bonds. The highest BCUT2D eigenvalue weighted by atomic mass is 16.6. The number of benzene rings is 1. The Morgan fingerprint density at radius 1 is 0.755 bits per heavy atom. The third-order valence-electron chi connectivity index (χ3n) is 7.99. The van der Waals surface area contributed by atoms with Gasteiger partial charge in [-0.25, -0.2) is 0 Å². The lowest BCUT2D eigenvalue weighted by Crippen LogP contribution is -2.54. The zero-order chi connectivity index (χ0) is 35.1. The Morgan fingerprint density at radius 2 is 1.33 bits per heavy atom. The number of carbonyl (C=O) groups excluding carboxylic acids is 5. The van der Waals surface area contributed by atoms with Crippen molar-refractivity contribution in [1.29, 1.82) is 0 Å². The lowest BCUT2D eigenvalue weighted by Gasteiger charge is -2.27. The molecule has 1 aromatic carbocycles. The molecule has 0 aromatic heterocycles. The van der Waals surface area contributed by atoms with Gasteiger partial charge in [-0.1, -0.05) is 51.5 Å². The molecule has 1 saturated heterocycles. The molecule has 14 heteroatoms. The number of esters is 1. The van der Waals surface area contributed by atoms with Crippen molar-refractivity contribution in [2.24, 2.45) is 0 Å². The first kappa shape index (κ1) is 40.0. The van der Waals surface area contributed by atoms with Gasteiger partial charge in [0.25, 0.3) is 11.8 Å². The summed E-state index contributed by atoms with van der Waals surface area (Å²) in [7, 11) is 0. The molecule has 2 N–H and O–H groups in total. The van der Waals surface area contributed by atoms with Gasteiger partial charge in [0.2, 0.25) is 11.8 Å². The third kappa shape index (κ3) is 14.5. The van der Waals surface area contributed by atoms with Crippen LogP contribution >= 0.6 is 0 Å². The molecule has 2 aliphatic rings. The molecule has 3 rings (SSSR count). The molecule has 0 aliphatic carbocycles. The second kappa shape index (κ2) is 23.8. The second-order valence-electron chi connectivity index (χ2n) is 11.8. The van der Waals surface area contributed by atoms with Gasteiger partial charge in [-0.15, -0.1) is 0 Å². The number of nitrogens with zero attached hydrogens (tertiary/aromatic N) is 1. The fourth-order valence-corrected chi connectivity index (χ4v) is 5.41. The molecule has 0 bridgehead atoms. The van der Waals surface area contributed by atoms with Gasteiger partial charge in [-0.2, -0.15) is 0 Å². The van der Waals surface area contributed by atoms with E-state index in [1.807, 2.05) is 0 Å². The van der Waals surface area contributed by atoms with E-state index in [0.717, 1.165) is 17.7 Å². The van der Waals surface area contributed by atoms with Crippen LogP contribution in [-0.4, -0.2) is 120 Å². The molecule has 0 saturated carbocycles. The molecule has 2 aliphatic heterocycles. The summed E-state index contributed by atoms with van der Waals surface area (Å²) in [5.41, 5.74) is 0.908. The van der Waals surface area contributed by atoms with Crippen molar-refractivity contribution >= 4 is 35.3 Å². The minimum absolute atomic E-state index is 0.0669. The number of rotatable bonds is 28. The zero-order valence-corrected chi connectivity index (χ0v) is 28.8. The van der Waals surface area contributed by atoms with Gasteiger partial charge in [-0.05, 0) is 25.0 Å². The molecule has 1 aromatic rings. The van der Waals surface area contributed by atoms with E-state index in [2.05, 4.69) is 17.6 Å². The molecule has 1 fully saturated rings. The van der Waals surface area contributed by atoms with Gasteiger partial charge < -0.3 is 33.7 Å². The minimum Gasteiger partial charge on any atom is -0.463 e. The van der Waals surface area contributed by atoms with Crippen molar-refractivity contribution in [3.63, 3.8) is 0 Å². The van der Waals surface area contributed by atoms with Crippen molar-refractivity contribution in [3.05, 3.63) is 29.3 Å². The highest BCUT2D eigenvalue weighted by Gasteiger charge is 2.45. The molecule has 14 nitrogen and oxygen atoms in total. The molecule has 1 atom stereocenters. The van der Waals surface area contributed by atoms with Crippen molar-refractivity contribution in [2.45, 2.75) is 77.2 Å². The van der Waals surface area contributed by atoms with E-state index < -0.39 is 29.7 Å². The van der Waals surface area contributed by atoms with E-state index in [0.29, 0.717) is 84.7 Å². The van der Waals surface area contributed by atoms with Gasteiger partial charge in [0.05, 0.1) is 77.2 Å². The molecule has 0 spiro atoms. The number of amides is 4. The minimum atomic E-state index is -1.01. The van der Waals surface area contributed by atoms with Crippen molar-refractivity contribution in [3.8, 4) is 0 Å². The lowest BCUT2D eigenvalue weighted by atomic mass is 10.0. The number of carbonyl (C=O) groups is 5. The summed E-state index contributed by atoms with van der Waals surface area (Å²) in [5.74, 6) is -2.33. The zero-order valence-electron chi connectivity index (χ0n) is 28.8. The molecule has 2 heterocycles. The van der Waals surface area contributed by atoms with Crippen LogP contribution in [0.1, 0.15) is 91.8 Å². The smallest absolute Gasteiger partial charge is 0.305 e. The van der Waals surface area contributed by atoms with Gasteiger partial charge in [0.1, 0.15) is 12.6 Å². The second-order valence-corrected chi connectivity index (χ2v) is 11.8. The van der Waals surface area contributed by atoms with Gasteiger partial charge in [0, 0.05) is 25.1 Å². The first-order chi connectivity index (χ1) is 23.9. The number of anilines is 1. The summed E-state index contributed by atoms with van der Waals surface area (Å²) < 4.78 is 32.6. The number of hydrogen-bond donors (Lipinski definition) is 2. The molecular formula is C35H53N3O11. The van der Waals surface area contributed by atoms with E-state index in [1.54, 1.807) is 18.2 Å². The van der Waals surface area contributed by atoms with Crippen LogP contribution in [-0.2, 0) is 42.8 Å². The SMILES string of the molecule is CCCCCCCCCC(=O)OCCOCCOCCOCCOCCOCCNc1cccc2c1C(=O)N(C1CCC(=O)NC1=O)C2=O. The van der Waals surface area contributed by atoms with Crippen molar-refractivity contribution in [1.82, 2.24) is 10.2 Å². The van der Waals surface area contributed by atoms with Crippen LogP contribution < -0.4 is 10.6 Å². The van der Waals surface area contributed by atoms with Crippen LogP contribution in [0.15, 0.2) is 18.2 Å². The van der Waals surface area contributed by atoms with Gasteiger partial charge >= 0.3 is 5.97 Å². The average molecular weight is 692 g/mol. The maximum atomic E-state index is 13.1. The first-order valence-corrected chi connectivity index (χ1v) is 17.6. The van der Waals surface area contributed by atoms with Crippen LogP contribution in [0, 0.1) is 0 Å². The molecule has 1 unspecified atom stereocenters. The lowest BCUT2D eigenvalue weighted by molar-refractivity contribution is -0.145. The number of piperidine rings is 1. The van der Waals surface area contributed by atoms with Crippen LogP contribution in [0.25, 0.3) is 0 Å². The summed E-state index contributed by atoms with van der Waals surface area (Å²) in [5, 5.41) is 5.32. The highest BCUT2D eigenvalue weighted by molar-refractivity contribution is 6.25. The Labute approximate surface area is 288 Å². The molecule has 49 heavy (non-hydrogen) atoms. The number of nitrogens with one attached hydrogen (secondary N) is 2. The number of hydrogen-bond acceptors (Lipinski definition) is 12. The Morgan fingerprint density at radius 3 is 1.94 bits per heavy atom. The number of imide groups is 2. The Kier molecular flexibility index (Phi) is 19.5. The third-order valence-corrected chi connectivity index (χ3v) is 7.99. The monoisotopic (exact) mass is 691 g/mol. The Hall–Kier alpha value is -3.43. The maximum absolute atomic E-state index is 13.1. The van der Waals surface area contributed by atoms with E-state index in [4.69, 9.17) is 28.4 Å². The summed E-state index contributed by atoms with van der Waals surface area (Å²) in [6, 6.07) is 3.90. The topological polar surface area (TPSA) is 168 Å². The number of unbranched alkanes of at least 4 members (excludes halogenated alkanes) is 6. The molecule has 274 valence electrons. The summed E-state index contributed by atoms with van der Waals surface area (Å²) in [6.07, 6.45) is 8.83. The predicted molar refractivity (Wildman–Crippen MR) is 179 cm³/mol. The quantitative estimate of drug-likeness (QED) is 0.0749. The summed E-state index contributed by atoms with van der Waals surface area (Å²) in [6.45, 7) is 6.86. The maximum Gasteiger partial charge on any atom is 0.305 e. The van der Waals surface area contributed by atoms with Gasteiger partial charge in [-0.3, -0.25) is 34.2 Å². The van der Waals surface area contributed by atoms with E-state index in [1.165, 1.54) is 32.1 Å². The standard InChI is InChI=1S/C35H53N3O11/c1-2-3-4-5-6-7-8-12-31(40)49-26-25-48-24-23-47-22-21-46-20-19-45-18-17-44-16-15-36-28-11-9-10-27-32(28)35(43)38(34(27)42)29-13-14-30(39)37-33(29)41/h9-11,29,36H,2-8,12-26H2,1H3,(H,37,39,41). The Bertz CT molecular complexity index is 1200. The van der Waals surface area contributed by atoms with Crippen LogP contribution in [0.2, 0.25) is 0 Å². The number of ether oxygens (including phenoxy) is 6. The predicted octanol–water partition coefficient (Wildman–Crippen LogP) is 3.27. The summed E-state index contributed by atoms with van der Waals surface area (Å²) >= 11 is 0. The largest absolute Gasteiger partial charge is 0.463 e. The fraction of sp³-hybridized carbons (Fsp3) is 0.686.